The summed E-state index contributed by atoms with van der Waals surface area (Å²) in [5.41, 5.74) is 5.19. The maximum Gasteiger partial charge on any atom is 0.257 e. The van der Waals surface area contributed by atoms with Gasteiger partial charge in [-0.05, 0) is 41.3 Å². The highest BCUT2D eigenvalue weighted by Gasteiger charge is 2.22. The average Bonchev–Trinajstić information content (AvgIpc) is 3.22. The van der Waals surface area contributed by atoms with Crippen molar-refractivity contribution in [1.82, 2.24) is 0 Å². The van der Waals surface area contributed by atoms with Gasteiger partial charge in [-0.2, -0.15) is 0 Å². The molecule has 0 saturated carbocycles. The van der Waals surface area contributed by atoms with Crippen molar-refractivity contribution in [3.63, 3.8) is 0 Å². The molecule has 0 unspecified atom stereocenters. The van der Waals surface area contributed by atoms with Crippen LogP contribution in [0.5, 0.6) is 0 Å². The maximum absolute atomic E-state index is 13.1. The molecule has 0 atom stereocenters. The first-order valence-electron chi connectivity index (χ1n) is 9.65. The molecule has 0 bridgehead atoms. The molecule has 4 rings (SSSR count). The largest absolute Gasteiger partial charge is 0.384 e. The van der Waals surface area contributed by atoms with Gasteiger partial charge in [-0.1, -0.05) is 48.5 Å². The van der Waals surface area contributed by atoms with Crippen LogP contribution in [0.25, 0.3) is 11.1 Å². The number of para-hydroxylation sites is 1. The van der Waals surface area contributed by atoms with Crippen LogP contribution in [-0.4, -0.2) is 34.2 Å². The van der Waals surface area contributed by atoms with Gasteiger partial charge in [0.2, 0.25) is 10.0 Å². The first-order valence-corrected chi connectivity index (χ1v) is 11.5. The third-order valence-electron chi connectivity index (χ3n) is 5.28. The van der Waals surface area contributed by atoms with Crippen LogP contribution in [0.3, 0.4) is 0 Å². The number of benzene rings is 3. The summed E-state index contributed by atoms with van der Waals surface area (Å²) in [6.45, 7) is 0.797. The Morgan fingerprint density at radius 3 is 2.50 bits per heavy atom. The van der Waals surface area contributed by atoms with Crippen molar-refractivity contribution in [2.45, 2.75) is 6.42 Å². The second kappa shape index (κ2) is 7.84. The number of sulfonamides is 1. The first kappa shape index (κ1) is 20.0. The Bertz CT molecular complexity index is 1210. The lowest BCUT2D eigenvalue weighted by atomic mass is 10.0. The Morgan fingerprint density at radius 1 is 1.00 bits per heavy atom. The molecule has 154 valence electrons. The summed E-state index contributed by atoms with van der Waals surface area (Å²) in [5.74, 6) is -0.283. The Labute approximate surface area is 176 Å². The zero-order valence-electron chi connectivity index (χ0n) is 16.8. The lowest BCUT2D eigenvalue weighted by Gasteiger charge is -2.22. The second-order valence-electron chi connectivity index (χ2n) is 7.30. The molecule has 0 spiro atoms. The zero-order chi connectivity index (χ0) is 21.3. The summed E-state index contributed by atoms with van der Waals surface area (Å²) in [6, 6.07) is 20.7. The van der Waals surface area contributed by atoms with Gasteiger partial charge in [0.05, 0.1) is 28.9 Å². The number of hydrogen-bond acceptors (Lipinski definition) is 4. The van der Waals surface area contributed by atoms with Crippen LogP contribution in [0.15, 0.2) is 66.7 Å². The molecule has 1 heterocycles. The van der Waals surface area contributed by atoms with Gasteiger partial charge in [0, 0.05) is 13.6 Å². The van der Waals surface area contributed by atoms with E-state index in [1.165, 1.54) is 11.4 Å². The topological polar surface area (TPSA) is 78.5 Å². The van der Waals surface area contributed by atoms with Gasteiger partial charge in [-0.3, -0.25) is 9.10 Å². The van der Waals surface area contributed by atoms with Crippen LogP contribution >= 0.6 is 0 Å². The molecule has 3 aromatic carbocycles. The van der Waals surface area contributed by atoms with Crippen LogP contribution in [0.4, 0.5) is 17.1 Å². The lowest BCUT2D eigenvalue weighted by molar-refractivity contribution is 0.102. The molecule has 0 fully saturated rings. The minimum atomic E-state index is -3.50. The van der Waals surface area contributed by atoms with Crippen molar-refractivity contribution in [2.24, 2.45) is 0 Å². The summed E-state index contributed by atoms with van der Waals surface area (Å²) in [6.07, 6.45) is 2.01. The molecular weight excluding hydrogens is 398 g/mol. The van der Waals surface area contributed by atoms with Gasteiger partial charge < -0.3 is 10.6 Å². The summed E-state index contributed by atoms with van der Waals surface area (Å²) < 4.78 is 25.5. The molecule has 1 amide bonds. The van der Waals surface area contributed by atoms with Crippen molar-refractivity contribution in [2.75, 3.05) is 34.8 Å². The fourth-order valence-electron chi connectivity index (χ4n) is 3.62. The van der Waals surface area contributed by atoms with E-state index in [9.17, 15) is 13.2 Å². The van der Waals surface area contributed by atoms with E-state index in [4.69, 9.17) is 0 Å². The van der Waals surface area contributed by atoms with Gasteiger partial charge in [-0.15, -0.1) is 0 Å². The lowest BCUT2D eigenvalue weighted by Crippen LogP contribution is -2.26. The minimum absolute atomic E-state index is 0.283. The summed E-state index contributed by atoms with van der Waals surface area (Å²) in [7, 11) is -2.02. The van der Waals surface area contributed by atoms with Crippen molar-refractivity contribution >= 4 is 33.0 Å². The van der Waals surface area contributed by atoms with Gasteiger partial charge in [0.15, 0.2) is 0 Å². The molecule has 30 heavy (non-hydrogen) atoms. The van der Waals surface area contributed by atoms with Gasteiger partial charge >= 0.3 is 0 Å². The van der Waals surface area contributed by atoms with E-state index in [2.05, 4.69) is 10.6 Å². The summed E-state index contributed by atoms with van der Waals surface area (Å²) in [4.78, 5) is 13.1. The number of carbonyl (C=O) groups excluding carboxylic acids is 1. The molecular formula is C23H23N3O3S. The van der Waals surface area contributed by atoms with Gasteiger partial charge in [0.25, 0.3) is 5.91 Å². The van der Waals surface area contributed by atoms with E-state index in [1.54, 1.807) is 18.2 Å². The van der Waals surface area contributed by atoms with Crippen molar-refractivity contribution in [3.8, 4) is 11.1 Å². The molecule has 6 nitrogen and oxygen atoms in total. The van der Waals surface area contributed by atoms with E-state index in [1.807, 2.05) is 48.5 Å². The highest BCUT2D eigenvalue weighted by molar-refractivity contribution is 7.92. The minimum Gasteiger partial charge on any atom is -0.384 e. The third-order valence-corrected chi connectivity index (χ3v) is 6.47. The van der Waals surface area contributed by atoms with Crippen molar-refractivity contribution < 1.29 is 13.2 Å². The van der Waals surface area contributed by atoms with Crippen LogP contribution < -0.4 is 14.9 Å². The first-order chi connectivity index (χ1) is 14.3. The highest BCUT2D eigenvalue weighted by atomic mass is 32.2. The fraction of sp³-hybridized carbons (Fsp3) is 0.174. The second-order valence-corrected chi connectivity index (χ2v) is 9.31. The Balaban J connectivity index is 1.76. The van der Waals surface area contributed by atoms with Gasteiger partial charge in [0.1, 0.15) is 0 Å². The fourth-order valence-corrected chi connectivity index (χ4v) is 4.13. The van der Waals surface area contributed by atoms with E-state index >= 15 is 0 Å². The number of carbonyl (C=O) groups is 1. The molecule has 0 aromatic heterocycles. The molecule has 1 aliphatic rings. The summed E-state index contributed by atoms with van der Waals surface area (Å²) >= 11 is 0. The molecule has 3 aromatic rings. The maximum atomic E-state index is 13.1. The molecule has 0 saturated heterocycles. The van der Waals surface area contributed by atoms with E-state index in [-0.39, 0.29) is 5.91 Å². The zero-order valence-corrected chi connectivity index (χ0v) is 17.7. The van der Waals surface area contributed by atoms with Crippen LogP contribution in [-0.2, 0) is 16.4 Å². The van der Waals surface area contributed by atoms with Gasteiger partial charge in [-0.25, -0.2) is 8.42 Å². The number of hydrogen-bond donors (Lipinski definition) is 2. The number of amides is 1. The smallest absolute Gasteiger partial charge is 0.257 e. The number of rotatable bonds is 5. The third kappa shape index (κ3) is 3.89. The Hall–Kier alpha value is -3.32. The van der Waals surface area contributed by atoms with E-state index in [0.29, 0.717) is 16.9 Å². The standard InChI is InChI=1S/C23H23N3O3S/c1-26(30(2,28)29)21-12-11-18(16-7-4-3-5-8-16)15-20(21)25-23(27)19-10-6-9-17-13-14-24-22(17)19/h3-12,15,24H,13-14H2,1-2H3,(H,25,27). The summed E-state index contributed by atoms with van der Waals surface area (Å²) in [5, 5.41) is 6.20. The Kier molecular flexibility index (Phi) is 5.22. The van der Waals surface area contributed by atoms with Crippen molar-refractivity contribution in [1.29, 1.82) is 0 Å². The molecule has 0 aliphatic carbocycles. The van der Waals surface area contributed by atoms with Crippen molar-refractivity contribution in [3.05, 3.63) is 77.9 Å². The van der Waals surface area contributed by atoms with E-state index in [0.717, 1.165) is 41.6 Å². The molecule has 0 radical (unpaired) electrons. The number of nitrogens with one attached hydrogen (secondary N) is 2. The van der Waals surface area contributed by atoms with E-state index < -0.39 is 10.0 Å². The number of fused-ring (bicyclic) bond motifs is 1. The quantitative estimate of drug-likeness (QED) is 0.653. The number of anilines is 3. The highest BCUT2D eigenvalue weighted by Crippen LogP contribution is 2.34. The molecule has 2 N–H and O–H groups in total. The SMILES string of the molecule is CN(c1ccc(-c2ccccc2)cc1NC(=O)c1cccc2c1NCC2)S(C)(=O)=O. The number of nitrogens with zero attached hydrogens (tertiary/aromatic N) is 1. The Morgan fingerprint density at radius 2 is 1.77 bits per heavy atom. The van der Waals surface area contributed by atoms with Crippen LogP contribution in [0.2, 0.25) is 0 Å². The molecule has 7 heteroatoms. The van der Waals surface area contributed by atoms with Crippen LogP contribution in [0.1, 0.15) is 15.9 Å². The monoisotopic (exact) mass is 421 g/mol. The van der Waals surface area contributed by atoms with Crippen LogP contribution in [0, 0.1) is 0 Å². The molecule has 1 aliphatic heterocycles. The predicted molar refractivity (Wildman–Crippen MR) is 122 cm³/mol. The normalized spacial score (nSPS) is 12.7. The predicted octanol–water partition coefficient (Wildman–Crippen LogP) is 3.97. The average molecular weight is 422 g/mol.